The van der Waals surface area contributed by atoms with E-state index in [1.165, 1.54) is 24.3 Å². The summed E-state index contributed by atoms with van der Waals surface area (Å²) in [6.07, 6.45) is 3.03. The van der Waals surface area contributed by atoms with Crippen LogP contribution in [0.5, 0.6) is 11.5 Å². The zero-order valence-electron chi connectivity index (χ0n) is 9.30. The Morgan fingerprint density at radius 2 is 1.65 bits per heavy atom. The van der Waals surface area contributed by atoms with Crippen molar-refractivity contribution in [2.24, 2.45) is 0 Å². The summed E-state index contributed by atoms with van der Waals surface area (Å²) in [6, 6.07) is 4.66. The normalized spacial score (nSPS) is 9.41. The molecule has 0 atom stereocenters. The van der Waals surface area contributed by atoms with Crippen LogP contribution in [0.25, 0.3) is 0 Å². The Kier molecular flexibility index (Phi) is 4.75. The van der Waals surface area contributed by atoms with Gasteiger partial charge < -0.3 is 9.47 Å². The van der Waals surface area contributed by atoms with Gasteiger partial charge in [0.2, 0.25) is 11.5 Å². The minimum absolute atomic E-state index is 0.163. The number of nitrogens with zero attached hydrogens (tertiary/aromatic N) is 1. The van der Waals surface area contributed by atoms with E-state index >= 15 is 0 Å². The highest BCUT2D eigenvalue weighted by molar-refractivity contribution is 5.57. The van der Waals surface area contributed by atoms with Crippen molar-refractivity contribution >= 4 is 5.69 Å². The van der Waals surface area contributed by atoms with Gasteiger partial charge in [0.15, 0.2) is 0 Å². The second-order valence-electron chi connectivity index (χ2n) is 3.06. The summed E-state index contributed by atoms with van der Waals surface area (Å²) in [6.45, 7) is 7.37. The molecule has 0 aliphatic heterocycles. The lowest BCUT2D eigenvalue weighted by atomic mass is 10.2. The third kappa shape index (κ3) is 3.34. The zero-order chi connectivity index (χ0) is 12.7. The van der Waals surface area contributed by atoms with E-state index in [0.717, 1.165) is 0 Å². The van der Waals surface area contributed by atoms with Crippen molar-refractivity contribution in [1.29, 1.82) is 0 Å². The molecule has 0 N–H and O–H groups in total. The summed E-state index contributed by atoms with van der Waals surface area (Å²) in [5.74, 6) is 0.327. The van der Waals surface area contributed by atoms with E-state index in [-0.39, 0.29) is 30.4 Å². The van der Waals surface area contributed by atoms with Gasteiger partial charge in [0.05, 0.1) is 4.92 Å². The molecule has 0 saturated carbocycles. The molecular weight excluding hydrogens is 222 g/mol. The molecule has 0 spiro atoms. The number of benzene rings is 1. The second kappa shape index (κ2) is 6.32. The molecule has 0 aliphatic rings. The molecule has 0 bridgehead atoms. The fourth-order valence-corrected chi connectivity index (χ4v) is 1.21. The molecule has 0 amide bonds. The molecule has 0 aliphatic carbocycles. The lowest BCUT2D eigenvalue weighted by Gasteiger charge is -2.08. The first-order chi connectivity index (χ1) is 8.20. The van der Waals surface area contributed by atoms with E-state index in [0.29, 0.717) is 0 Å². The first-order valence-corrected chi connectivity index (χ1v) is 4.95. The molecule has 1 aromatic rings. The summed E-state index contributed by atoms with van der Waals surface area (Å²) in [4.78, 5) is 10.4. The fourth-order valence-electron chi connectivity index (χ4n) is 1.21. The molecule has 1 rings (SSSR count). The number of rotatable bonds is 7. The zero-order valence-corrected chi connectivity index (χ0v) is 9.30. The van der Waals surface area contributed by atoms with Crippen LogP contribution in [0.4, 0.5) is 5.69 Å². The third-order valence-corrected chi connectivity index (χ3v) is 1.86. The molecule has 0 radical (unpaired) electrons. The maximum atomic E-state index is 11.0. The maximum Gasteiger partial charge on any atom is 0.352 e. The Morgan fingerprint density at radius 1 is 1.18 bits per heavy atom. The van der Waals surface area contributed by atoms with Crippen LogP contribution in [-0.4, -0.2) is 18.1 Å². The summed E-state index contributed by atoms with van der Waals surface area (Å²) in [5.41, 5.74) is -0.184. The van der Waals surface area contributed by atoms with Gasteiger partial charge in [-0.25, -0.2) is 0 Å². The predicted octanol–water partition coefficient (Wildman–Crippen LogP) is 2.72. The van der Waals surface area contributed by atoms with Gasteiger partial charge in [-0.15, -0.1) is 0 Å². The van der Waals surface area contributed by atoms with Crippen molar-refractivity contribution in [3.05, 3.63) is 53.6 Å². The van der Waals surface area contributed by atoms with Crippen LogP contribution < -0.4 is 9.47 Å². The van der Waals surface area contributed by atoms with Crippen LogP contribution in [0.15, 0.2) is 43.5 Å². The average molecular weight is 235 g/mol. The first-order valence-electron chi connectivity index (χ1n) is 4.95. The van der Waals surface area contributed by atoms with Gasteiger partial charge in [-0.1, -0.05) is 31.4 Å². The number of hydrogen-bond acceptors (Lipinski definition) is 4. The SMILES string of the molecule is C=CCOc1cccc(OCC=C)c1[N+](=O)[O-]. The highest BCUT2D eigenvalue weighted by Gasteiger charge is 2.21. The number of nitro benzene ring substituents is 1. The van der Waals surface area contributed by atoms with E-state index < -0.39 is 4.92 Å². The highest BCUT2D eigenvalue weighted by Crippen LogP contribution is 2.36. The van der Waals surface area contributed by atoms with Gasteiger partial charge in [-0.2, -0.15) is 0 Å². The Balaban J connectivity index is 3.07. The predicted molar refractivity (Wildman–Crippen MR) is 64.5 cm³/mol. The standard InChI is InChI=1S/C12H13NO4/c1-3-8-16-10-6-5-7-11(17-9-4-2)12(10)13(14)15/h3-7H,1-2,8-9H2. The van der Waals surface area contributed by atoms with Crippen molar-refractivity contribution in [3.8, 4) is 11.5 Å². The molecule has 5 heteroatoms. The first kappa shape index (κ1) is 12.8. The lowest BCUT2D eigenvalue weighted by Crippen LogP contribution is -2.02. The molecule has 0 saturated heterocycles. The van der Waals surface area contributed by atoms with Crippen LogP contribution in [0.3, 0.4) is 0 Å². The van der Waals surface area contributed by atoms with E-state index in [9.17, 15) is 10.1 Å². The lowest BCUT2D eigenvalue weighted by molar-refractivity contribution is -0.386. The molecule has 0 heterocycles. The Morgan fingerprint density at radius 3 is 2.00 bits per heavy atom. The summed E-state index contributed by atoms with van der Waals surface area (Å²) in [5, 5.41) is 11.0. The Labute approximate surface area is 99.1 Å². The monoisotopic (exact) mass is 235 g/mol. The molecular formula is C12H13NO4. The van der Waals surface area contributed by atoms with Crippen LogP contribution in [0, 0.1) is 10.1 Å². The third-order valence-electron chi connectivity index (χ3n) is 1.86. The van der Waals surface area contributed by atoms with Crippen LogP contribution >= 0.6 is 0 Å². The van der Waals surface area contributed by atoms with Gasteiger partial charge in [-0.3, -0.25) is 10.1 Å². The van der Waals surface area contributed by atoms with Crippen molar-refractivity contribution < 1.29 is 14.4 Å². The number of hydrogen-bond donors (Lipinski definition) is 0. The van der Waals surface area contributed by atoms with E-state index in [1.807, 2.05) is 0 Å². The number of nitro groups is 1. The maximum absolute atomic E-state index is 11.0. The van der Waals surface area contributed by atoms with Gasteiger partial charge in [0.1, 0.15) is 13.2 Å². The van der Waals surface area contributed by atoms with Crippen molar-refractivity contribution in [2.45, 2.75) is 0 Å². The molecule has 1 aromatic carbocycles. The quantitative estimate of drug-likeness (QED) is 0.414. The summed E-state index contributed by atoms with van der Waals surface area (Å²) >= 11 is 0. The molecule has 5 nitrogen and oxygen atoms in total. The van der Waals surface area contributed by atoms with Gasteiger partial charge in [0.25, 0.3) is 0 Å². The Hall–Kier alpha value is -2.30. The number of para-hydroxylation sites is 1. The number of ether oxygens (including phenoxy) is 2. The molecule has 90 valence electrons. The highest BCUT2D eigenvalue weighted by atomic mass is 16.6. The van der Waals surface area contributed by atoms with Crippen LogP contribution in [-0.2, 0) is 0 Å². The van der Waals surface area contributed by atoms with Crippen molar-refractivity contribution in [1.82, 2.24) is 0 Å². The van der Waals surface area contributed by atoms with E-state index in [4.69, 9.17) is 9.47 Å². The topological polar surface area (TPSA) is 61.6 Å². The second-order valence-corrected chi connectivity index (χ2v) is 3.06. The molecule has 17 heavy (non-hydrogen) atoms. The van der Waals surface area contributed by atoms with Crippen LogP contribution in [0.2, 0.25) is 0 Å². The molecule has 0 fully saturated rings. The van der Waals surface area contributed by atoms with Crippen LogP contribution in [0.1, 0.15) is 0 Å². The molecule has 0 unspecified atom stereocenters. The van der Waals surface area contributed by atoms with Crippen molar-refractivity contribution in [3.63, 3.8) is 0 Å². The van der Waals surface area contributed by atoms with Gasteiger partial charge in [-0.05, 0) is 12.1 Å². The van der Waals surface area contributed by atoms with Gasteiger partial charge >= 0.3 is 5.69 Å². The molecule has 0 aromatic heterocycles. The smallest absolute Gasteiger partial charge is 0.352 e. The minimum atomic E-state index is -0.531. The largest absolute Gasteiger partial charge is 0.482 e. The Bertz CT molecular complexity index is 398. The fraction of sp³-hybridized carbons (Fsp3) is 0.167. The van der Waals surface area contributed by atoms with Crippen molar-refractivity contribution in [2.75, 3.05) is 13.2 Å². The average Bonchev–Trinajstić information content (AvgIpc) is 2.33. The van der Waals surface area contributed by atoms with Gasteiger partial charge in [0, 0.05) is 0 Å². The summed E-state index contributed by atoms with van der Waals surface area (Å²) < 4.78 is 10.4. The summed E-state index contributed by atoms with van der Waals surface area (Å²) in [7, 11) is 0. The minimum Gasteiger partial charge on any atom is -0.482 e. The van der Waals surface area contributed by atoms with E-state index in [2.05, 4.69) is 13.2 Å². The van der Waals surface area contributed by atoms with E-state index in [1.54, 1.807) is 6.07 Å².